The van der Waals surface area contributed by atoms with Crippen LogP contribution in [0.3, 0.4) is 0 Å². The third kappa shape index (κ3) is 6.60. The van der Waals surface area contributed by atoms with Gasteiger partial charge >= 0.3 is 0 Å². The molecule has 0 unspecified atom stereocenters. The van der Waals surface area contributed by atoms with E-state index in [-0.39, 0.29) is 6.10 Å². The predicted molar refractivity (Wildman–Crippen MR) is 84.6 cm³/mol. The first-order chi connectivity index (χ1) is 9.50. The molecule has 1 rings (SSSR count). The van der Waals surface area contributed by atoms with Gasteiger partial charge in [-0.2, -0.15) is 0 Å². The van der Waals surface area contributed by atoms with Crippen molar-refractivity contribution in [2.45, 2.75) is 40.3 Å². The zero-order chi connectivity index (χ0) is 15.0. The van der Waals surface area contributed by atoms with E-state index in [1.165, 1.54) is 0 Å². The molecule has 0 heterocycles. The Labute approximate surface area is 127 Å². The molecule has 0 radical (unpaired) electrons. The molecular weight excluding hydrogens is 274 g/mol. The van der Waals surface area contributed by atoms with Gasteiger partial charge in [-0.25, -0.2) is 0 Å². The first-order valence-electron chi connectivity index (χ1n) is 7.23. The maximum atomic E-state index is 6.22. The summed E-state index contributed by atoms with van der Waals surface area (Å²) in [5.74, 6) is 1.38. The second-order valence-corrected chi connectivity index (χ2v) is 5.93. The highest BCUT2D eigenvalue weighted by Crippen LogP contribution is 2.28. The molecule has 0 aromatic heterocycles. The fraction of sp³-hybridized carbons (Fsp3) is 0.625. The van der Waals surface area contributed by atoms with Crippen molar-refractivity contribution in [2.24, 2.45) is 5.92 Å². The normalized spacial score (nSPS) is 11.3. The minimum absolute atomic E-state index is 0.219. The summed E-state index contributed by atoms with van der Waals surface area (Å²) < 4.78 is 11.3. The van der Waals surface area contributed by atoms with Crippen LogP contribution >= 0.6 is 11.6 Å². The molecule has 0 saturated heterocycles. The highest BCUT2D eigenvalue weighted by Gasteiger charge is 2.08. The molecule has 0 aliphatic heterocycles. The molecule has 1 aromatic rings. The molecule has 0 saturated carbocycles. The summed E-state index contributed by atoms with van der Waals surface area (Å²) in [5.41, 5.74) is 1.09. The lowest BCUT2D eigenvalue weighted by Gasteiger charge is -2.15. The van der Waals surface area contributed by atoms with Gasteiger partial charge in [-0.05, 0) is 32.4 Å². The van der Waals surface area contributed by atoms with E-state index in [4.69, 9.17) is 21.1 Å². The first kappa shape index (κ1) is 17.3. The summed E-state index contributed by atoms with van der Waals surface area (Å²) in [5, 5.41) is 4.06. The van der Waals surface area contributed by atoms with Crippen molar-refractivity contribution in [1.29, 1.82) is 0 Å². The van der Waals surface area contributed by atoms with E-state index in [0.717, 1.165) is 24.4 Å². The van der Waals surface area contributed by atoms with E-state index in [1.54, 1.807) is 0 Å². The van der Waals surface area contributed by atoms with Crippen molar-refractivity contribution in [3.8, 4) is 5.75 Å². The van der Waals surface area contributed by atoms with Gasteiger partial charge in [0, 0.05) is 12.1 Å². The van der Waals surface area contributed by atoms with Crippen LogP contribution in [0.5, 0.6) is 5.75 Å². The fourth-order valence-electron chi connectivity index (χ4n) is 1.78. The van der Waals surface area contributed by atoms with Crippen molar-refractivity contribution in [1.82, 2.24) is 5.32 Å². The number of nitrogens with one attached hydrogen (secondary N) is 1. The lowest BCUT2D eigenvalue weighted by molar-refractivity contribution is 0.0550. The molecule has 0 atom stereocenters. The predicted octanol–water partition coefficient (Wildman–Crippen LogP) is 3.89. The monoisotopic (exact) mass is 299 g/mol. The number of hydrogen-bond donors (Lipinski definition) is 1. The summed E-state index contributed by atoms with van der Waals surface area (Å²) >= 11 is 6.22. The second-order valence-electron chi connectivity index (χ2n) is 5.52. The molecule has 0 aliphatic carbocycles. The summed E-state index contributed by atoms with van der Waals surface area (Å²) in [6, 6.07) is 5.84. The van der Waals surface area contributed by atoms with Crippen LogP contribution in [0.25, 0.3) is 0 Å². The van der Waals surface area contributed by atoms with Crippen molar-refractivity contribution >= 4 is 11.6 Å². The van der Waals surface area contributed by atoms with Crippen LogP contribution in [-0.4, -0.2) is 25.9 Å². The molecular formula is C16H26ClNO2. The Morgan fingerprint density at radius 1 is 1.15 bits per heavy atom. The van der Waals surface area contributed by atoms with Gasteiger partial charge in [0.1, 0.15) is 12.4 Å². The number of benzene rings is 1. The standard InChI is InChI=1S/C16H26ClNO2/c1-12(2)10-18-11-14-6-5-7-15(17)16(14)20-9-8-19-13(3)4/h5-7,12-13,18H,8-11H2,1-4H3. The Morgan fingerprint density at radius 2 is 1.90 bits per heavy atom. The van der Waals surface area contributed by atoms with Gasteiger partial charge in [0.2, 0.25) is 0 Å². The maximum Gasteiger partial charge on any atom is 0.142 e. The summed E-state index contributed by atoms with van der Waals surface area (Å²) in [4.78, 5) is 0. The Hall–Kier alpha value is -0.770. The molecule has 114 valence electrons. The Kier molecular flexibility index (Phi) is 7.97. The van der Waals surface area contributed by atoms with E-state index in [9.17, 15) is 0 Å². The SMILES string of the molecule is CC(C)CNCc1cccc(Cl)c1OCCOC(C)C. The van der Waals surface area contributed by atoms with Crippen LogP contribution in [0.2, 0.25) is 5.02 Å². The van der Waals surface area contributed by atoms with Gasteiger partial charge in [0.25, 0.3) is 0 Å². The number of para-hydroxylation sites is 1. The zero-order valence-electron chi connectivity index (χ0n) is 12.9. The molecule has 0 aliphatic rings. The Bertz CT molecular complexity index is 394. The Balaban J connectivity index is 2.54. The fourth-order valence-corrected chi connectivity index (χ4v) is 2.03. The van der Waals surface area contributed by atoms with Gasteiger partial charge in [-0.3, -0.25) is 0 Å². The van der Waals surface area contributed by atoms with Crippen LogP contribution in [0.1, 0.15) is 33.3 Å². The highest BCUT2D eigenvalue weighted by molar-refractivity contribution is 6.32. The molecule has 1 N–H and O–H groups in total. The molecule has 0 amide bonds. The molecule has 0 fully saturated rings. The molecule has 1 aromatic carbocycles. The van der Waals surface area contributed by atoms with Crippen molar-refractivity contribution in [3.05, 3.63) is 28.8 Å². The minimum Gasteiger partial charge on any atom is -0.489 e. The topological polar surface area (TPSA) is 30.5 Å². The average Bonchev–Trinajstić information content (AvgIpc) is 2.36. The van der Waals surface area contributed by atoms with Gasteiger partial charge < -0.3 is 14.8 Å². The quantitative estimate of drug-likeness (QED) is 0.702. The van der Waals surface area contributed by atoms with Gasteiger partial charge in [0.05, 0.1) is 17.7 Å². The van der Waals surface area contributed by atoms with Crippen LogP contribution < -0.4 is 10.1 Å². The number of hydrogen-bond acceptors (Lipinski definition) is 3. The van der Waals surface area contributed by atoms with Crippen LogP contribution in [-0.2, 0) is 11.3 Å². The van der Waals surface area contributed by atoms with E-state index in [0.29, 0.717) is 24.2 Å². The largest absolute Gasteiger partial charge is 0.489 e. The molecule has 4 heteroatoms. The third-order valence-electron chi connectivity index (χ3n) is 2.70. The van der Waals surface area contributed by atoms with E-state index in [2.05, 4.69) is 19.2 Å². The van der Waals surface area contributed by atoms with Crippen molar-refractivity contribution < 1.29 is 9.47 Å². The first-order valence-corrected chi connectivity index (χ1v) is 7.61. The van der Waals surface area contributed by atoms with Gasteiger partial charge in [-0.1, -0.05) is 37.6 Å². The number of ether oxygens (including phenoxy) is 2. The zero-order valence-corrected chi connectivity index (χ0v) is 13.7. The van der Waals surface area contributed by atoms with E-state index < -0.39 is 0 Å². The van der Waals surface area contributed by atoms with Crippen molar-refractivity contribution in [3.63, 3.8) is 0 Å². The van der Waals surface area contributed by atoms with Crippen LogP contribution in [0.4, 0.5) is 0 Å². The highest BCUT2D eigenvalue weighted by atomic mass is 35.5. The molecule has 0 bridgehead atoms. The lowest BCUT2D eigenvalue weighted by Crippen LogP contribution is -2.20. The summed E-state index contributed by atoms with van der Waals surface area (Å²) in [6.07, 6.45) is 0.219. The summed E-state index contributed by atoms with van der Waals surface area (Å²) in [7, 11) is 0. The van der Waals surface area contributed by atoms with Gasteiger partial charge in [0.15, 0.2) is 0 Å². The Morgan fingerprint density at radius 3 is 2.55 bits per heavy atom. The third-order valence-corrected chi connectivity index (χ3v) is 3.00. The lowest BCUT2D eigenvalue weighted by atomic mass is 10.2. The number of halogens is 1. The van der Waals surface area contributed by atoms with E-state index >= 15 is 0 Å². The molecule has 20 heavy (non-hydrogen) atoms. The minimum atomic E-state index is 0.219. The second kappa shape index (κ2) is 9.22. The molecule has 0 spiro atoms. The van der Waals surface area contributed by atoms with Crippen LogP contribution in [0.15, 0.2) is 18.2 Å². The van der Waals surface area contributed by atoms with Gasteiger partial charge in [-0.15, -0.1) is 0 Å². The van der Waals surface area contributed by atoms with E-state index in [1.807, 2.05) is 32.0 Å². The molecule has 3 nitrogen and oxygen atoms in total. The van der Waals surface area contributed by atoms with Crippen molar-refractivity contribution in [2.75, 3.05) is 19.8 Å². The average molecular weight is 300 g/mol. The number of rotatable bonds is 9. The smallest absolute Gasteiger partial charge is 0.142 e. The maximum absolute atomic E-state index is 6.22. The summed E-state index contributed by atoms with van der Waals surface area (Å²) in [6.45, 7) is 11.2. The van der Waals surface area contributed by atoms with Crippen LogP contribution in [0, 0.1) is 5.92 Å².